The van der Waals surface area contributed by atoms with Gasteiger partial charge in [-0.3, -0.25) is 4.79 Å². The van der Waals surface area contributed by atoms with Gasteiger partial charge in [-0.25, -0.2) is 0 Å². The molecule has 1 saturated heterocycles. The number of rotatable bonds is 5. The number of nitrogens with zero attached hydrogens (tertiary/aromatic N) is 4. The fourth-order valence-corrected chi connectivity index (χ4v) is 5.27. The lowest BCUT2D eigenvalue weighted by Gasteiger charge is -2.39. The SMILES string of the molecule is CCn1c(SCC(=O)N2C(C)CCCC2C)nnc1-c1cc2ccccc2cc1O. The van der Waals surface area contributed by atoms with Gasteiger partial charge in [0.05, 0.1) is 11.3 Å². The molecule has 1 aromatic heterocycles. The van der Waals surface area contributed by atoms with Crippen molar-refractivity contribution in [3.63, 3.8) is 0 Å². The van der Waals surface area contributed by atoms with E-state index >= 15 is 0 Å². The molecular weight excluding hydrogens is 396 g/mol. The van der Waals surface area contributed by atoms with Gasteiger partial charge in [0.15, 0.2) is 11.0 Å². The maximum atomic E-state index is 12.9. The number of phenolic OH excluding ortho intramolecular Hbond substituents is 1. The van der Waals surface area contributed by atoms with Crippen LogP contribution >= 0.6 is 11.8 Å². The van der Waals surface area contributed by atoms with Crippen LogP contribution < -0.4 is 0 Å². The van der Waals surface area contributed by atoms with Gasteiger partial charge in [0.25, 0.3) is 0 Å². The molecule has 3 aromatic rings. The molecule has 7 heteroatoms. The molecule has 0 saturated carbocycles. The summed E-state index contributed by atoms with van der Waals surface area (Å²) in [7, 11) is 0. The topological polar surface area (TPSA) is 71.2 Å². The molecule has 0 radical (unpaired) electrons. The van der Waals surface area contributed by atoms with Crippen LogP contribution in [0.1, 0.15) is 40.0 Å². The molecule has 1 fully saturated rings. The van der Waals surface area contributed by atoms with Gasteiger partial charge in [0.2, 0.25) is 5.91 Å². The van der Waals surface area contributed by atoms with Crippen molar-refractivity contribution in [3.8, 4) is 17.1 Å². The number of amides is 1. The van der Waals surface area contributed by atoms with Crippen molar-refractivity contribution in [2.75, 3.05) is 5.75 Å². The largest absolute Gasteiger partial charge is 0.507 e. The van der Waals surface area contributed by atoms with E-state index in [0.29, 0.717) is 28.8 Å². The summed E-state index contributed by atoms with van der Waals surface area (Å²) >= 11 is 1.42. The quantitative estimate of drug-likeness (QED) is 0.601. The Morgan fingerprint density at radius 2 is 1.80 bits per heavy atom. The fraction of sp³-hybridized carbons (Fsp3) is 0.435. The third-order valence-corrected chi connectivity index (χ3v) is 6.90. The summed E-state index contributed by atoms with van der Waals surface area (Å²) in [6.45, 7) is 6.94. The number of carbonyl (C=O) groups excluding carboxylic acids is 1. The van der Waals surface area contributed by atoms with Crippen molar-refractivity contribution in [1.82, 2.24) is 19.7 Å². The molecule has 1 N–H and O–H groups in total. The number of hydrogen-bond donors (Lipinski definition) is 1. The van der Waals surface area contributed by atoms with Gasteiger partial charge < -0.3 is 14.6 Å². The molecule has 6 nitrogen and oxygen atoms in total. The monoisotopic (exact) mass is 424 g/mol. The number of aromatic nitrogens is 3. The van der Waals surface area contributed by atoms with E-state index < -0.39 is 0 Å². The highest BCUT2D eigenvalue weighted by Crippen LogP contribution is 2.34. The zero-order valence-electron chi connectivity index (χ0n) is 17.7. The minimum atomic E-state index is 0.153. The van der Waals surface area contributed by atoms with Crippen LogP contribution in [-0.4, -0.2) is 48.5 Å². The molecule has 1 amide bonds. The third kappa shape index (κ3) is 3.90. The van der Waals surface area contributed by atoms with Gasteiger partial charge in [-0.2, -0.15) is 0 Å². The van der Waals surface area contributed by atoms with E-state index in [1.807, 2.05) is 46.7 Å². The summed E-state index contributed by atoms with van der Waals surface area (Å²) in [5, 5.41) is 22.0. The number of likely N-dealkylation sites (tertiary alicyclic amines) is 1. The van der Waals surface area contributed by atoms with E-state index in [4.69, 9.17) is 0 Å². The number of thioether (sulfide) groups is 1. The molecular formula is C23H28N4O2S. The third-order valence-electron chi connectivity index (χ3n) is 5.94. The fourth-order valence-electron chi connectivity index (χ4n) is 4.40. The molecule has 4 rings (SSSR count). The predicted molar refractivity (Wildman–Crippen MR) is 121 cm³/mol. The molecule has 1 aliphatic heterocycles. The molecule has 2 unspecified atom stereocenters. The highest BCUT2D eigenvalue weighted by molar-refractivity contribution is 7.99. The lowest BCUT2D eigenvalue weighted by atomic mass is 9.98. The Labute approximate surface area is 181 Å². The Morgan fingerprint density at radius 1 is 1.13 bits per heavy atom. The van der Waals surface area contributed by atoms with E-state index in [9.17, 15) is 9.90 Å². The summed E-state index contributed by atoms with van der Waals surface area (Å²) in [6, 6.07) is 12.2. The van der Waals surface area contributed by atoms with Crippen molar-refractivity contribution in [3.05, 3.63) is 36.4 Å². The minimum Gasteiger partial charge on any atom is -0.507 e. The second-order valence-corrected chi connectivity index (χ2v) is 8.93. The first-order valence-corrected chi connectivity index (χ1v) is 11.6. The van der Waals surface area contributed by atoms with E-state index in [1.165, 1.54) is 18.2 Å². The molecule has 1 aliphatic rings. The van der Waals surface area contributed by atoms with E-state index in [-0.39, 0.29) is 23.7 Å². The van der Waals surface area contributed by atoms with Gasteiger partial charge in [0, 0.05) is 18.6 Å². The Balaban J connectivity index is 1.57. The molecule has 0 aliphatic carbocycles. The number of benzene rings is 2. The molecule has 158 valence electrons. The lowest BCUT2D eigenvalue weighted by molar-refractivity contribution is -0.134. The zero-order valence-corrected chi connectivity index (χ0v) is 18.5. The van der Waals surface area contributed by atoms with Crippen LogP contribution in [-0.2, 0) is 11.3 Å². The van der Waals surface area contributed by atoms with Gasteiger partial charge in [-0.1, -0.05) is 36.0 Å². The van der Waals surface area contributed by atoms with E-state index in [1.54, 1.807) is 6.07 Å². The molecule has 2 atom stereocenters. The number of fused-ring (bicyclic) bond motifs is 1. The number of carbonyl (C=O) groups is 1. The van der Waals surface area contributed by atoms with Crippen LogP contribution in [0.25, 0.3) is 22.2 Å². The van der Waals surface area contributed by atoms with Crippen molar-refractivity contribution in [2.24, 2.45) is 0 Å². The molecule has 30 heavy (non-hydrogen) atoms. The van der Waals surface area contributed by atoms with Crippen molar-refractivity contribution in [2.45, 2.75) is 63.8 Å². The van der Waals surface area contributed by atoms with Crippen LogP contribution in [0.2, 0.25) is 0 Å². The normalized spacial score (nSPS) is 19.4. The molecule has 2 heterocycles. The zero-order chi connectivity index (χ0) is 21.3. The first-order valence-electron chi connectivity index (χ1n) is 10.6. The van der Waals surface area contributed by atoms with Crippen molar-refractivity contribution in [1.29, 1.82) is 0 Å². The van der Waals surface area contributed by atoms with Crippen molar-refractivity contribution < 1.29 is 9.90 Å². The predicted octanol–water partition coefficient (Wildman–Crippen LogP) is 4.71. The number of phenols is 1. The first kappa shape index (κ1) is 20.7. The standard InChI is InChI=1S/C23H28N4O2S/c1-4-26-22(19-12-17-10-5-6-11-18(17)13-20(19)28)24-25-23(26)30-14-21(29)27-15(2)8-7-9-16(27)3/h5-6,10-13,15-16,28H,4,7-9,14H2,1-3H3. The first-order chi connectivity index (χ1) is 14.5. The minimum absolute atomic E-state index is 0.153. The van der Waals surface area contributed by atoms with Crippen LogP contribution in [0.3, 0.4) is 0 Å². The summed E-state index contributed by atoms with van der Waals surface area (Å²) in [4.78, 5) is 14.9. The number of aromatic hydroxyl groups is 1. The summed E-state index contributed by atoms with van der Waals surface area (Å²) in [5.74, 6) is 1.30. The number of piperidine rings is 1. The van der Waals surface area contributed by atoms with Gasteiger partial charge in [-0.15, -0.1) is 10.2 Å². The molecule has 0 spiro atoms. The maximum absolute atomic E-state index is 12.9. The second kappa shape index (κ2) is 8.68. The highest BCUT2D eigenvalue weighted by Gasteiger charge is 2.29. The maximum Gasteiger partial charge on any atom is 0.233 e. The van der Waals surface area contributed by atoms with Gasteiger partial charge in [-0.05, 0) is 62.9 Å². The summed E-state index contributed by atoms with van der Waals surface area (Å²) in [5.41, 5.74) is 0.652. The van der Waals surface area contributed by atoms with Crippen molar-refractivity contribution >= 4 is 28.4 Å². The van der Waals surface area contributed by atoms with Gasteiger partial charge in [0.1, 0.15) is 5.75 Å². The van der Waals surface area contributed by atoms with Gasteiger partial charge >= 0.3 is 0 Å². The van der Waals surface area contributed by atoms with Crippen LogP contribution in [0.4, 0.5) is 0 Å². The molecule has 2 aromatic carbocycles. The van der Waals surface area contributed by atoms with Crippen LogP contribution in [0.5, 0.6) is 5.75 Å². The Bertz CT molecular complexity index is 1050. The number of hydrogen-bond acceptors (Lipinski definition) is 5. The molecule has 0 bridgehead atoms. The average molecular weight is 425 g/mol. The van der Waals surface area contributed by atoms with Crippen LogP contribution in [0, 0.1) is 0 Å². The second-order valence-electron chi connectivity index (χ2n) is 7.99. The average Bonchev–Trinajstić information content (AvgIpc) is 3.14. The lowest BCUT2D eigenvalue weighted by Crippen LogP contribution is -2.48. The smallest absolute Gasteiger partial charge is 0.233 e. The highest BCUT2D eigenvalue weighted by atomic mass is 32.2. The Kier molecular flexibility index (Phi) is 5.99. The Hall–Kier alpha value is -2.54. The van der Waals surface area contributed by atoms with Crippen LogP contribution in [0.15, 0.2) is 41.6 Å². The summed E-state index contributed by atoms with van der Waals surface area (Å²) < 4.78 is 1.96. The summed E-state index contributed by atoms with van der Waals surface area (Å²) in [6.07, 6.45) is 3.32. The van der Waals surface area contributed by atoms with E-state index in [0.717, 1.165) is 23.6 Å². The van der Waals surface area contributed by atoms with E-state index in [2.05, 4.69) is 24.0 Å². The Morgan fingerprint density at radius 3 is 2.47 bits per heavy atom.